The molecule has 2 aromatic carbocycles. The predicted octanol–water partition coefficient (Wildman–Crippen LogP) is 6.42. The molecule has 0 unspecified atom stereocenters. The van der Waals surface area contributed by atoms with Crippen LogP contribution in [0.25, 0.3) is 11.1 Å². The average Bonchev–Trinajstić information content (AvgIpc) is 3.82. The number of aryl methyl sites for hydroxylation is 1. The average molecular weight is 630 g/mol. The number of benzene rings is 2. The summed E-state index contributed by atoms with van der Waals surface area (Å²) < 4.78 is 5.83. The second kappa shape index (κ2) is 20.6. The summed E-state index contributed by atoms with van der Waals surface area (Å²) >= 11 is 0. The van der Waals surface area contributed by atoms with Crippen LogP contribution in [0, 0.1) is 6.92 Å². The van der Waals surface area contributed by atoms with E-state index < -0.39 is 0 Å². The van der Waals surface area contributed by atoms with Gasteiger partial charge in [-0.1, -0.05) is 66.9 Å². The van der Waals surface area contributed by atoms with Gasteiger partial charge >= 0.3 is 0 Å². The van der Waals surface area contributed by atoms with Gasteiger partial charge in [-0.25, -0.2) is 4.98 Å². The second-order valence-electron chi connectivity index (χ2n) is 12.5. The lowest BCUT2D eigenvalue weighted by Crippen LogP contribution is -2.42. The largest absolute Gasteiger partial charge is 0.383 e. The van der Waals surface area contributed by atoms with Gasteiger partial charge in [-0.2, -0.15) is 0 Å². The molecule has 3 aromatic rings. The Labute approximate surface area is 276 Å². The minimum atomic E-state index is 0.216. The topological polar surface area (TPSA) is 101 Å². The minimum absolute atomic E-state index is 0.216. The van der Waals surface area contributed by atoms with Crippen LogP contribution in [0.5, 0.6) is 0 Å². The van der Waals surface area contributed by atoms with Gasteiger partial charge in [0.15, 0.2) is 6.29 Å². The van der Waals surface area contributed by atoms with E-state index in [0.717, 1.165) is 30.1 Å². The van der Waals surface area contributed by atoms with E-state index in [1.165, 1.54) is 88.7 Å². The monoisotopic (exact) mass is 629 g/mol. The van der Waals surface area contributed by atoms with Crippen molar-refractivity contribution in [2.24, 2.45) is 0 Å². The number of hydrogen-bond acceptors (Lipinski definition) is 8. The van der Waals surface area contributed by atoms with Crippen molar-refractivity contribution in [3.63, 3.8) is 0 Å². The molecule has 8 nitrogen and oxygen atoms in total. The first-order valence-electron chi connectivity index (χ1n) is 16.8. The zero-order valence-corrected chi connectivity index (χ0v) is 28.4. The first-order chi connectivity index (χ1) is 22.4. The standard InChI is InChI=1S/C13H10N2O2.C13H18O.C10H20N2.C2H7N/c14-13-12(8-17)5-11(6-15-13)10-3-1-9(7-16)2-4-10;1-11-6-8-12(9-7-11)10-14-13-4-2-3-5-13;1-11-8-4-10(5-9-11)12-6-2-3-7-12;1-3-2/h1-8H,(H2,14,15);6-9,13H,2-5,10H2,1H3;10H,2-9H2,1H3;3H,1-2H3. The number of nitrogens with one attached hydrogen (secondary N) is 1. The van der Waals surface area contributed by atoms with E-state index in [1.807, 2.05) is 14.1 Å². The molecule has 6 rings (SSSR count). The highest BCUT2D eigenvalue weighted by molar-refractivity contribution is 5.84. The van der Waals surface area contributed by atoms with E-state index in [4.69, 9.17) is 10.5 Å². The number of carbonyl (C=O) groups is 2. The summed E-state index contributed by atoms with van der Waals surface area (Å²) in [6.07, 6.45) is 14.4. The van der Waals surface area contributed by atoms with Crippen LogP contribution in [0.3, 0.4) is 0 Å². The Kier molecular flexibility index (Phi) is 16.6. The fourth-order valence-electron chi connectivity index (χ4n) is 5.92. The van der Waals surface area contributed by atoms with Crippen molar-refractivity contribution in [2.45, 2.75) is 77.0 Å². The fourth-order valence-corrected chi connectivity index (χ4v) is 5.92. The number of rotatable bonds is 7. The van der Waals surface area contributed by atoms with Gasteiger partial charge in [0.05, 0.1) is 18.3 Å². The number of nitrogens with zero attached hydrogens (tertiary/aromatic N) is 3. The summed E-state index contributed by atoms with van der Waals surface area (Å²) in [5.74, 6) is 0.216. The van der Waals surface area contributed by atoms with Crippen molar-refractivity contribution in [3.8, 4) is 11.1 Å². The first-order valence-corrected chi connectivity index (χ1v) is 16.8. The zero-order valence-electron chi connectivity index (χ0n) is 28.4. The van der Waals surface area contributed by atoms with Crippen LogP contribution >= 0.6 is 0 Å². The zero-order chi connectivity index (χ0) is 33.1. The Bertz CT molecular complexity index is 1280. The van der Waals surface area contributed by atoms with Crippen molar-refractivity contribution in [3.05, 3.63) is 83.0 Å². The van der Waals surface area contributed by atoms with E-state index in [2.05, 4.69) is 58.3 Å². The molecule has 8 heteroatoms. The molecule has 2 saturated heterocycles. The van der Waals surface area contributed by atoms with Gasteiger partial charge in [0, 0.05) is 23.4 Å². The second-order valence-corrected chi connectivity index (χ2v) is 12.5. The van der Waals surface area contributed by atoms with E-state index in [-0.39, 0.29) is 5.82 Å². The predicted molar refractivity (Wildman–Crippen MR) is 189 cm³/mol. The summed E-state index contributed by atoms with van der Waals surface area (Å²) in [4.78, 5) is 30.4. The Hall–Kier alpha value is -3.43. The smallest absolute Gasteiger partial charge is 0.153 e. The third-order valence-electron chi connectivity index (χ3n) is 8.71. The lowest BCUT2D eigenvalue weighted by Gasteiger charge is -2.34. The Morgan fingerprint density at radius 3 is 2.02 bits per heavy atom. The molecule has 3 heterocycles. The highest BCUT2D eigenvalue weighted by atomic mass is 16.5. The molecule has 1 saturated carbocycles. The van der Waals surface area contributed by atoms with Crippen molar-refractivity contribution in [1.29, 1.82) is 0 Å². The number of carbonyl (C=O) groups excluding carboxylic acids is 2. The number of likely N-dealkylation sites (tertiary alicyclic amines) is 2. The van der Waals surface area contributed by atoms with Crippen molar-refractivity contribution < 1.29 is 14.3 Å². The number of pyridine rings is 1. The molecule has 46 heavy (non-hydrogen) atoms. The molecular formula is C38H55N5O3. The van der Waals surface area contributed by atoms with Gasteiger partial charge in [0.2, 0.25) is 0 Å². The summed E-state index contributed by atoms with van der Waals surface area (Å²) in [6.45, 7) is 8.25. The third kappa shape index (κ3) is 12.8. The van der Waals surface area contributed by atoms with Crippen LogP contribution < -0.4 is 11.1 Å². The fraction of sp³-hybridized carbons (Fsp3) is 0.500. The van der Waals surface area contributed by atoms with Crippen LogP contribution in [0.1, 0.15) is 83.2 Å². The normalized spacial score (nSPS) is 17.1. The van der Waals surface area contributed by atoms with Crippen LogP contribution in [-0.4, -0.2) is 86.8 Å². The lowest BCUT2D eigenvalue weighted by molar-refractivity contribution is 0.0457. The molecule has 2 aliphatic heterocycles. The summed E-state index contributed by atoms with van der Waals surface area (Å²) in [7, 11) is 5.99. The van der Waals surface area contributed by atoms with Gasteiger partial charge < -0.3 is 25.6 Å². The van der Waals surface area contributed by atoms with Crippen molar-refractivity contribution >= 4 is 18.4 Å². The summed E-state index contributed by atoms with van der Waals surface area (Å²) in [5, 5.41) is 2.75. The van der Waals surface area contributed by atoms with Crippen LogP contribution in [0.2, 0.25) is 0 Å². The maximum Gasteiger partial charge on any atom is 0.153 e. The van der Waals surface area contributed by atoms with Gasteiger partial charge in [-0.3, -0.25) is 9.59 Å². The maximum atomic E-state index is 10.7. The number of anilines is 1. The van der Waals surface area contributed by atoms with Crippen LogP contribution in [-0.2, 0) is 11.3 Å². The van der Waals surface area contributed by atoms with E-state index in [9.17, 15) is 9.59 Å². The van der Waals surface area contributed by atoms with E-state index >= 15 is 0 Å². The molecule has 3 fully saturated rings. The van der Waals surface area contributed by atoms with Gasteiger partial charge in [0.1, 0.15) is 12.1 Å². The number of hydrogen-bond donors (Lipinski definition) is 2. The van der Waals surface area contributed by atoms with Gasteiger partial charge in [-0.05, 0) is 110 Å². The van der Waals surface area contributed by atoms with Gasteiger partial charge in [-0.15, -0.1) is 0 Å². The number of aromatic nitrogens is 1. The molecule has 0 spiro atoms. The number of piperidine rings is 1. The first kappa shape index (κ1) is 37.0. The lowest BCUT2D eigenvalue weighted by atomic mass is 10.0. The minimum Gasteiger partial charge on any atom is -0.383 e. The van der Waals surface area contributed by atoms with E-state index in [1.54, 1.807) is 36.5 Å². The van der Waals surface area contributed by atoms with Crippen molar-refractivity contribution in [2.75, 3.05) is 53.1 Å². The Balaban J connectivity index is 0.000000182. The molecule has 0 atom stereocenters. The molecule has 1 aliphatic carbocycles. The molecule has 0 bridgehead atoms. The molecule has 0 amide bonds. The number of nitrogen functional groups attached to an aromatic ring is 1. The van der Waals surface area contributed by atoms with E-state index in [0.29, 0.717) is 23.5 Å². The highest BCUT2D eigenvalue weighted by Crippen LogP contribution is 2.23. The summed E-state index contributed by atoms with van der Waals surface area (Å²) in [5.41, 5.74) is 10.8. The van der Waals surface area contributed by atoms with Crippen LogP contribution in [0.4, 0.5) is 5.82 Å². The SMILES string of the molecule is CN1CCC(N2CCCC2)CC1.CNC.Cc1ccc(COC2CCCC2)cc1.Nc1ncc(-c2ccc(C=O)cc2)cc1C=O. The maximum absolute atomic E-state index is 10.7. The third-order valence-corrected chi connectivity index (χ3v) is 8.71. The number of aldehydes is 2. The van der Waals surface area contributed by atoms with Gasteiger partial charge in [0.25, 0.3) is 0 Å². The molecule has 1 aromatic heterocycles. The Morgan fingerprint density at radius 2 is 1.46 bits per heavy atom. The quantitative estimate of drug-likeness (QED) is 0.289. The summed E-state index contributed by atoms with van der Waals surface area (Å²) in [6, 6.07) is 18.2. The van der Waals surface area contributed by atoms with Crippen LogP contribution in [0.15, 0.2) is 60.8 Å². The molecular weight excluding hydrogens is 574 g/mol. The highest BCUT2D eigenvalue weighted by Gasteiger charge is 2.24. The molecule has 250 valence electrons. The molecule has 0 radical (unpaired) electrons. The molecule has 3 N–H and O–H groups in total. The number of ether oxygens (including phenoxy) is 1. The number of nitrogens with two attached hydrogens (primary N) is 1. The Morgan fingerprint density at radius 1 is 0.848 bits per heavy atom. The van der Waals surface area contributed by atoms with Crippen molar-refractivity contribution in [1.82, 2.24) is 20.1 Å². The molecule has 3 aliphatic rings.